The van der Waals surface area contributed by atoms with Gasteiger partial charge in [-0.1, -0.05) is 12.8 Å². The highest BCUT2D eigenvalue weighted by Gasteiger charge is 2.32. The zero-order valence-corrected chi connectivity index (χ0v) is 10.4. The Labute approximate surface area is 106 Å². The van der Waals surface area contributed by atoms with Crippen LogP contribution in [-0.2, 0) is 9.53 Å². The van der Waals surface area contributed by atoms with Crippen LogP contribution in [0.1, 0.15) is 25.7 Å². The third-order valence-corrected chi connectivity index (χ3v) is 3.69. The minimum Gasteiger partial charge on any atom is -0.480 e. The second kappa shape index (κ2) is 6.04. The lowest BCUT2D eigenvalue weighted by Crippen LogP contribution is -2.56. The number of carboxylic acids is 1. The molecule has 1 saturated carbocycles. The fourth-order valence-electron chi connectivity index (χ4n) is 2.60. The van der Waals surface area contributed by atoms with Crippen LogP contribution in [0.4, 0.5) is 4.79 Å². The van der Waals surface area contributed by atoms with Gasteiger partial charge in [-0.05, 0) is 18.8 Å². The van der Waals surface area contributed by atoms with Crippen LogP contribution in [0.15, 0.2) is 0 Å². The van der Waals surface area contributed by atoms with Gasteiger partial charge < -0.3 is 20.1 Å². The third kappa shape index (κ3) is 3.13. The van der Waals surface area contributed by atoms with E-state index in [4.69, 9.17) is 9.84 Å². The van der Waals surface area contributed by atoms with Crippen molar-refractivity contribution in [1.82, 2.24) is 10.2 Å². The lowest BCUT2D eigenvalue weighted by atomic mass is 10.1. The van der Waals surface area contributed by atoms with Crippen LogP contribution in [0, 0.1) is 5.92 Å². The first-order valence-corrected chi connectivity index (χ1v) is 6.53. The van der Waals surface area contributed by atoms with Gasteiger partial charge in [0, 0.05) is 13.1 Å². The molecule has 1 aliphatic carbocycles. The number of rotatable bonds is 3. The zero-order valence-electron chi connectivity index (χ0n) is 10.4. The predicted molar refractivity (Wildman–Crippen MR) is 64.3 cm³/mol. The first kappa shape index (κ1) is 13.1. The second-order valence-corrected chi connectivity index (χ2v) is 4.96. The lowest BCUT2D eigenvalue weighted by molar-refractivity contribution is -0.147. The summed E-state index contributed by atoms with van der Waals surface area (Å²) in [6.45, 7) is 1.48. The van der Waals surface area contributed by atoms with E-state index in [0.717, 1.165) is 12.8 Å². The second-order valence-electron chi connectivity index (χ2n) is 4.96. The van der Waals surface area contributed by atoms with E-state index in [1.165, 1.54) is 17.7 Å². The van der Waals surface area contributed by atoms with E-state index >= 15 is 0 Å². The number of nitrogens with zero attached hydrogens (tertiary/aromatic N) is 1. The van der Waals surface area contributed by atoms with Gasteiger partial charge in [0.25, 0.3) is 0 Å². The molecule has 0 aromatic heterocycles. The number of aliphatic carboxylic acids is 1. The monoisotopic (exact) mass is 256 g/mol. The molecule has 6 nitrogen and oxygen atoms in total. The highest BCUT2D eigenvalue weighted by Crippen LogP contribution is 2.23. The summed E-state index contributed by atoms with van der Waals surface area (Å²) in [5.41, 5.74) is 0. The quantitative estimate of drug-likeness (QED) is 0.778. The smallest absolute Gasteiger partial charge is 0.328 e. The number of nitrogens with one attached hydrogen (secondary N) is 1. The molecular weight excluding hydrogens is 236 g/mol. The van der Waals surface area contributed by atoms with Crippen molar-refractivity contribution in [2.75, 3.05) is 26.3 Å². The molecule has 0 aromatic carbocycles. The average Bonchev–Trinajstić information content (AvgIpc) is 2.89. The van der Waals surface area contributed by atoms with Crippen LogP contribution in [0.25, 0.3) is 0 Å². The van der Waals surface area contributed by atoms with E-state index < -0.39 is 12.0 Å². The molecule has 1 heterocycles. The standard InChI is InChI=1S/C12H20N2O4/c15-11(16)10-8-18-6-5-14(10)12(17)13-7-9-3-1-2-4-9/h9-10H,1-8H2,(H,13,17)(H,15,16). The van der Waals surface area contributed by atoms with Crippen molar-refractivity contribution in [2.45, 2.75) is 31.7 Å². The molecule has 2 amide bonds. The molecule has 2 fully saturated rings. The van der Waals surface area contributed by atoms with Crippen molar-refractivity contribution in [3.63, 3.8) is 0 Å². The number of morpholine rings is 1. The summed E-state index contributed by atoms with van der Waals surface area (Å²) in [5, 5.41) is 11.9. The van der Waals surface area contributed by atoms with Crippen molar-refractivity contribution in [2.24, 2.45) is 5.92 Å². The zero-order chi connectivity index (χ0) is 13.0. The molecule has 0 bridgehead atoms. The Kier molecular flexibility index (Phi) is 4.41. The Morgan fingerprint density at radius 3 is 2.72 bits per heavy atom. The normalized spacial score (nSPS) is 25.1. The summed E-state index contributed by atoms with van der Waals surface area (Å²) in [5.74, 6) is -0.455. The van der Waals surface area contributed by atoms with Crippen molar-refractivity contribution in [1.29, 1.82) is 0 Å². The molecule has 1 atom stereocenters. The van der Waals surface area contributed by atoms with Gasteiger partial charge in [-0.2, -0.15) is 0 Å². The topological polar surface area (TPSA) is 78.9 Å². The molecule has 1 saturated heterocycles. The van der Waals surface area contributed by atoms with E-state index in [1.54, 1.807) is 0 Å². The van der Waals surface area contributed by atoms with E-state index in [0.29, 0.717) is 25.6 Å². The number of ether oxygens (including phenoxy) is 1. The van der Waals surface area contributed by atoms with Crippen LogP contribution in [0.2, 0.25) is 0 Å². The van der Waals surface area contributed by atoms with E-state index in [-0.39, 0.29) is 12.6 Å². The molecule has 0 spiro atoms. The number of urea groups is 1. The van der Waals surface area contributed by atoms with Crippen molar-refractivity contribution in [3.8, 4) is 0 Å². The molecule has 6 heteroatoms. The molecule has 1 unspecified atom stereocenters. The number of hydrogen-bond acceptors (Lipinski definition) is 3. The molecule has 2 rings (SSSR count). The van der Waals surface area contributed by atoms with E-state index in [1.807, 2.05) is 0 Å². The van der Waals surface area contributed by atoms with Crippen LogP contribution in [0.5, 0.6) is 0 Å². The number of carbonyl (C=O) groups is 2. The van der Waals surface area contributed by atoms with Gasteiger partial charge in [0.05, 0.1) is 13.2 Å². The maximum Gasteiger partial charge on any atom is 0.328 e. The molecular formula is C12H20N2O4. The molecule has 0 aromatic rings. The Balaban J connectivity index is 1.83. The fourth-order valence-corrected chi connectivity index (χ4v) is 2.60. The largest absolute Gasteiger partial charge is 0.480 e. The molecule has 2 aliphatic rings. The average molecular weight is 256 g/mol. The van der Waals surface area contributed by atoms with Gasteiger partial charge >= 0.3 is 12.0 Å². The molecule has 2 N–H and O–H groups in total. The number of carboxylic acid groups (broad SMARTS) is 1. The van der Waals surface area contributed by atoms with Gasteiger partial charge in [-0.15, -0.1) is 0 Å². The summed E-state index contributed by atoms with van der Waals surface area (Å²) in [4.78, 5) is 24.4. The molecule has 1 aliphatic heterocycles. The van der Waals surface area contributed by atoms with E-state index in [2.05, 4.69) is 5.32 Å². The summed E-state index contributed by atoms with van der Waals surface area (Å²) in [7, 11) is 0. The number of hydrogen-bond donors (Lipinski definition) is 2. The Bertz CT molecular complexity index is 315. The van der Waals surface area contributed by atoms with Crippen molar-refractivity contribution >= 4 is 12.0 Å². The van der Waals surface area contributed by atoms with Gasteiger partial charge in [0.15, 0.2) is 6.04 Å². The third-order valence-electron chi connectivity index (χ3n) is 3.69. The van der Waals surface area contributed by atoms with Gasteiger partial charge in [0.1, 0.15) is 0 Å². The fraction of sp³-hybridized carbons (Fsp3) is 0.833. The lowest BCUT2D eigenvalue weighted by Gasteiger charge is -2.33. The first-order valence-electron chi connectivity index (χ1n) is 6.53. The Morgan fingerprint density at radius 2 is 2.06 bits per heavy atom. The van der Waals surface area contributed by atoms with Gasteiger partial charge in [-0.25, -0.2) is 9.59 Å². The van der Waals surface area contributed by atoms with Crippen molar-refractivity contribution < 1.29 is 19.4 Å². The summed E-state index contributed by atoms with van der Waals surface area (Å²) in [6.07, 6.45) is 4.78. The number of amides is 2. The molecule has 102 valence electrons. The van der Waals surface area contributed by atoms with E-state index in [9.17, 15) is 9.59 Å². The number of carbonyl (C=O) groups excluding carboxylic acids is 1. The maximum absolute atomic E-state index is 12.0. The minimum absolute atomic E-state index is 0.0756. The summed E-state index contributed by atoms with van der Waals surface area (Å²) in [6, 6.07) is -1.14. The summed E-state index contributed by atoms with van der Waals surface area (Å²) >= 11 is 0. The predicted octanol–water partition coefficient (Wildman–Crippen LogP) is 0.672. The van der Waals surface area contributed by atoms with Crippen LogP contribution >= 0.6 is 0 Å². The molecule has 18 heavy (non-hydrogen) atoms. The molecule has 0 radical (unpaired) electrons. The van der Waals surface area contributed by atoms with Crippen molar-refractivity contribution in [3.05, 3.63) is 0 Å². The van der Waals surface area contributed by atoms with Crippen LogP contribution in [0.3, 0.4) is 0 Å². The van der Waals surface area contributed by atoms with Gasteiger partial charge in [0.2, 0.25) is 0 Å². The maximum atomic E-state index is 12.0. The van der Waals surface area contributed by atoms with Crippen LogP contribution in [-0.4, -0.2) is 54.4 Å². The first-order chi connectivity index (χ1) is 8.68. The summed E-state index contributed by atoms with van der Waals surface area (Å²) < 4.78 is 5.10. The highest BCUT2D eigenvalue weighted by atomic mass is 16.5. The SMILES string of the molecule is O=C(O)C1COCCN1C(=O)NCC1CCCC1. The Hall–Kier alpha value is -1.30. The highest BCUT2D eigenvalue weighted by molar-refractivity contribution is 5.83. The van der Waals surface area contributed by atoms with Gasteiger partial charge in [-0.3, -0.25) is 0 Å². The van der Waals surface area contributed by atoms with Crippen LogP contribution < -0.4 is 5.32 Å². The minimum atomic E-state index is -1.01. The Morgan fingerprint density at radius 1 is 1.33 bits per heavy atom.